The Bertz CT molecular complexity index is 116. The monoisotopic (exact) mass is 116 g/mol. The zero-order valence-electron chi connectivity index (χ0n) is 5.07. The zero-order chi connectivity index (χ0) is 6.57. The molecule has 0 N–H and O–H groups in total. The van der Waals surface area contributed by atoms with E-state index in [9.17, 15) is 9.18 Å². The van der Waals surface area contributed by atoms with Crippen LogP contribution in [0.1, 0.15) is 20.3 Å². The summed E-state index contributed by atoms with van der Waals surface area (Å²) in [6.45, 7) is 3.13. The molecule has 0 spiro atoms. The lowest BCUT2D eigenvalue weighted by Crippen LogP contribution is -1.93. The first-order valence-corrected chi connectivity index (χ1v) is 2.57. The molecule has 0 amide bonds. The number of halogens is 1. The number of allylic oxidation sites excluding steroid dienone is 2. The van der Waals surface area contributed by atoms with Crippen molar-refractivity contribution in [2.75, 3.05) is 0 Å². The maximum absolute atomic E-state index is 12.0. The second-order valence-electron chi connectivity index (χ2n) is 1.41. The first kappa shape index (κ1) is 7.34. The van der Waals surface area contributed by atoms with E-state index in [0.29, 0.717) is 0 Å². The highest BCUT2D eigenvalue weighted by Crippen LogP contribution is 1.99. The van der Waals surface area contributed by atoms with Crippen LogP contribution in [0.5, 0.6) is 0 Å². The van der Waals surface area contributed by atoms with E-state index in [-0.39, 0.29) is 6.42 Å². The standard InChI is InChI=1S/C6H9FO/c1-3-5(7)6(8)4-2/h3H,4H2,1-2H3/b5-3-. The third-order valence-corrected chi connectivity index (χ3v) is 0.841. The molecule has 0 radical (unpaired) electrons. The quantitative estimate of drug-likeness (QED) is 0.503. The number of carbonyl (C=O) groups excluding carboxylic acids is 1. The van der Waals surface area contributed by atoms with E-state index >= 15 is 0 Å². The summed E-state index contributed by atoms with van der Waals surface area (Å²) in [6, 6.07) is 0. The van der Waals surface area contributed by atoms with Crippen molar-refractivity contribution < 1.29 is 9.18 Å². The van der Waals surface area contributed by atoms with Gasteiger partial charge in [0.15, 0.2) is 11.6 Å². The van der Waals surface area contributed by atoms with Crippen molar-refractivity contribution in [1.29, 1.82) is 0 Å². The van der Waals surface area contributed by atoms with Crippen molar-refractivity contribution in [3.63, 3.8) is 0 Å². The van der Waals surface area contributed by atoms with Gasteiger partial charge in [0.05, 0.1) is 0 Å². The summed E-state index contributed by atoms with van der Waals surface area (Å²) in [5.74, 6) is -1.06. The fraction of sp³-hybridized carbons (Fsp3) is 0.500. The van der Waals surface area contributed by atoms with E-state index in [1.165, 1.54) is 13.0 Å². The molecule has 0 saturated carbocycles. The molecule has 0 unspecified atom stereocenters. The second kappa shape index (κ2) is 3.36. The molecule has 1 nitrogen and oxygen atoms in total. The van der Waals surface area contributed by atoms with Gasteiger partial charge < -0.3 is 0 Å². The van der Waals surface area contributed by atoms with Crippen molar-refractivity contribution in [2.24, 2.45) is 0 Å². The van der Waals surface area contributed by atoms with Crippen LogP contribution >= 0.6 is 0 Å². The summed E-state index contributed by atoms with van der Waals surface area (Å²) < 4.78 is 12.0. The van der Waals surface area contributed by atoms with E-state index in [2.05, 4.69) is 0 Å². The van der Waals surface area contributed by atoms with Crippen molar-refractivity contribution in [3.8, 4) is 0 Å². The number of ketones is 1. The highest BCUT2D eigenvalue weighted by molar-refractivity contribution is 5.92. The van der Waals surface area contributed by atoms with E-state index in [1.807, 2.05) is 0 Å². The largest absolute Gasteiger partial charge is 0.292 e. The lowest BCUT2D eigenvalue weighted by Gasteiger charge is -1.86. The summed E-state index contributed by atoms with van der Waals surface area (Å²) in [7, 11) is 0. The number of hydrogen-bond donors (Lipinski definition) is 0. The molecular formula is C6H9FO. The molecule has 2 heteroatoms. The highest BCUT2D eigenvalue weighted by Gasteiger charge is 2.01. The van der Waals surface area contributed by atoms with Crippen LogP contribution in [0, 0.1) is 0 Å². The predicted octanol–water partition coefficient (Wildman–Crippen LogP) is 1.84. The summed E-state index contributed by atoms with van der Waals surface area (Å²) in [6.07, 6.45) is 1.42. The van der Waals surface area contributed by atoms with Gasteiger partial charge in [-0.05, 0) is 13.0 Å². The van der Waals surface area contributed by atoms with Gasteiger partial charge in [-0.25, -0.2) is 4.39 Å². The number of carbonyl (C=O) groups is 1. The molecule has 8 heavy (non-hydrogen) atoms. The second-order valence-corrected chi connectivity index (χ2v) is 1.41. The predicted molar refractivity (Wildman–Crippen MR) is 30.2 cm³/mol. The van der Waals surface area contributed by atoms with Crippen LogP contribution in [-0.2, 0) is 4.79 Å². The molecule has 0 aliphatic heterocycles. The molecule has 0 aliphatic carbocycles. The Balaban J connectivity index is 3.83. The Morgan fingerprint density at radius 2 is 2.25 bits per heavy atom. The zero-order valence-corrected chi connectivity index (χ0v) is 5.07. The van der Waals surface area contributed by atoms with Gasteiger partial charge in [-0.2, -0.15) is 0 Å². The molecule has 0 aliphatic rings. The van der Waals surface area contributed by atoms with Gasteiger partial charge in [0.2, 0.25) is 0 Å². The average molecular weight is 116 g/mol. The van der Waals surface area contributed by atoms with Crippen LogP contribution in [0.15, 0.2) is 11.9 Å². The summed E-state index contributed by atoms with van der Waals surface area (Å²) >= 11 is 0. The van der Waals surface area contributed by atoms with Gasteiger partial charge in [0.25, 0.3) is 0 Å². The number of rotatable bonds is 2. The molecule has 0 atom stereocenters. The van der Waals surface area contributed by atoms with Gasteiger partial charge in [-0.15, -0.1) is 0 Å². The third-order valence-electron chi connectivity index (χ3n) is 0.841. The molecule has 0 heterocycles. The third kappa shape index (κ3) is 1.87. The average Bonchev–Trinajstić information content (AvgIpc) is 1.84. The SMILES string of the molecule is C/C=C(\F)C(=O)CC. The molecule has 0 bridgehead atoms. The Kier molecular flexibility index (Phi) is 3.08. The Hall–Kier alpha value is -0.660. The summed E-state index contributed by atoms with van der Waals surface area (Å²) in [4.78, 5) is 10.3. The van der Waals surface area contributed by atoms with Crippen LogP contribution in [-0.4, -0.2) is 5.78 Å². The summed E-state index contributed by atoms with van der Waals surface area (Å²) in [5.41, 5.74) is 0. The van der Waals surface area contributed by atoms with E-state index in [4.69, 9.17) is 0 Å². The Labute approximate surface area is 48.2 Å². The number of Topliss-reactive ketones (excluding diaryl/α,β-unsaturated/α-hetero) is 1. The van der Waals surface area contributed by atoms with Crippen LogP contribution in [0.2, 0.25) is 0 Å². The minimum absolute atomic E-state index is 0.246. The van der Waals surface area contributed by atoms with E-state index in [1.54, 1.807) is 6.92 Å². The topological polar surface area (TPSA) is 17.1 Å². The van der Waals surface area contributed by atoms with Gasteiger partial charge in [0.1, 0.15) is 0 Å². The lowest BCUT2D eigenvalue weighted by atomic mass is 10.3. The molecule has 0 aromatic heterocycles. The van der Waals surface area contributed by atoms with Gasteiger partial charge in [-0.1, -0.05) is 6.92 Å². The molecule has 0 aromatic rings. The highest BCUT2D eigenvalue weighted by atomic mass is 19.1. The molecule has 0 rings (SSSR count). The van der Waals surface area contributed by atoms with Crippen molar-refractivity contribution in [1.82, 2.24) is 0 Å². The minimum Gasteiger partial charge on any atom is -0.292 e. The minimum atomic E-state index is -0.632. The Morgan fingerprint density at radius 3 is 2.38 bits per heavy atom. The lowest BCUT2D eigenvalue weighted by molar-refractivity contribution is -0.116. The first-order chi connectivity index (χ1) is 3.72. The maximum Gasteiger partial charge on any atom is 0.190 e. The first-order valence-electron chi connectivity index (χ1n) is 2.57. The normalized spacial score (nSPS) is 11.6. The van der Waals surface area contributed by atoms with Crippen LogP contribution in [0.3, 0.4) is 0 Å². The maximum atomic E-state index is 12.0. The number of hydrogen-bond acceptors (Lipinski definition) is 1. The van der Waals surface area contributed by atoms with Crippen molar-refractivity contribution in [2.45, 2.75) is 20.3 Å². The van der Waals surface area contributed by atoms with Gasteiger partial charge in [0, 0.05) is 6.42 Å². The molecule has 0 fully saturated rings. The van der Waals surface area contributed by atoms with Crippen molar-refractivity contribution in [3.05, 3.63) is 11.9 Å². The molecule has 0 saturated heterocycles. The molecular weight excluding hydrogens is 107 g/mol. The van der Waals surface area contributed by atoms with Crippen LogP contribution in [0.25, 0.3) is 0 Å². The van der Waals surface area contributed by atoms with Crippen LogP contribution < -0.4 is 0 Å². The fourth-order valence-electron chi connectivity index (χ4n) is 0.330. The summed E-state index contributed by atoms with van der Waals surface area (Å²) in [5, 5.41) is 0. The fourth-order valence-corrected chi connectivity index (χ4v) is 0.330. The van der Waals surface area contributed by atoms with Gasteiger partial charge >= 0.3 is 0 Å². The van der Waals surface area contributed by atoms with E-state index in [0.717, 1.165) is 0 Å². The van der Waals surface area contributed by atoms with Crippen molar-refractivity contribution >= 4 is 5.78 Å². The Morgan fingerprint density at radius 1 is 1.75 bits per heavy atom. The molecule has 0 aromatic carbocycles. The van der Waals surface area contributed by atoms with E-state index < -0.39 is 11.6 Å². The van der Waals surface area contributed by atoms with Gasteiger partial charge in [-0.3, -0.25) is 4.79 Å². The smallest absolute Gasteiger partial charge is 0.190 e. The van der Waals surface area contributed by atoms with Crippen LogP contribution in [0.4, 0.5) is 4.39 Å². The molecule has 46 valence electrons.